The van der Waals surface area contributed by atoms with Crippen LogP contribution in [0.2, 0.25) is 0 Å². The summed E-state index contributed by atoms with van der Waals surface area (Å²) >= 11 is 0. The van der Waals surface area contributed by atoms with Gasteiger partial charge >= 0.3 is 6.61 Å². The van der Waals surface area contributed by atoms with Gasteiger partial charge < -0.3 is 20.1 Å². The van der Waals surface area contributed by atoms with E-state index in [1.165, 1.54) is 12.1 Å². The zero-order valence-corrected chi connectivity index (χ0v) is 17.8. The number of carbonyl (C=O) groups is 1. The Labute approximate surface area is 185 Å². The first-order valence-corrected chi connectivity index (χ1v) is 10.3. The summed E-state index contributed by atoms with van der Waals surface area (Å²) in [7, 11) is 0. The summed E-state index contributed by atoms with van der Waals surface area (Å²) in [6.07, 6.45) is 0. The fraction of sp³-hybridized carbons (Fsp3) is 0.304. The molecule has 0 atom stereocenters. The molecule has 4 rings (SSSR count). The molecule has 2 N–H and O–H groups in total. The van der Waals surface area contributed by atoms with Crippen molar-refractivity contribution in [2.24, 2.45) is 0 Å². The van der Waals surface area contributed by atoms with Crippen molar-refractivity contribution >= 4 is 11.6 Å². The second-order valence-corrected chi connectivity index (χ2v) is 6.82. The van der Waals surface area contributed by atoms with E-state index in [0.29, 0.717) is 29.2 Å². The van der Waals surface area contributed by atoms with Gasteiger partial charge in [0.25, 0.3) is 5.91 Å². The minimum Gasteiger partial charge on any atom is -0.435 e. The maximum atomic E-state index is 12.6. The van der Waals surface area contributed by atoms with Gasteiger partial charge in [-0.3, -0.25) is 9.48 Å². The van der Waals surface area contributed by atoms with Gasteiger partial charge in [-0.25, -0.2) is 0 Å². The van der Waals surface area contributed by atoms with E-state index in [1.54, 1.807) is 35.0 Å². The lowest BCUT2D eigenvalue weighted by atomic mass is 10.1. The molecular weight excluding hydrogens is 418 g/mol. The standard InChI is InChI=1S/C19H17F2N3O2.C4H9NO/c1-2-24-17(18(25)22-14-8-4-3-5-9-14)12-16(23-24)13-7-6-10-15(11-13)26-19(20)21;1-3-6-4-2-5-1/h3-12,19H,2H2,1H3,(H,22,25);5H,1-4H2. The van der Waals surface area contributed by atoms with Crippen LogP contribution in [0, 0.1) is 0 Å². The molecule has 2 heterocycles. The first kappa shape index (κ1) is 23.4. The molecule has 9 heteroatoms. The van der Waals surface area contributed by atoms with E-state index in [9.17, 15) is 13.6 Å². The molecule has 1 aliphatic heterocycles. The van der Waals surface area contributed by atoms with Crippen LogP contribution >= 0.6 is 0 Å². The Kier molecular flexibility index (Phi) is 8.70. The molecule has 0 aliphatic carbocycles. The number of halogens is 2. The molecule has 3 aromatic rings. The Bertz CT molecular complexity index is 980. The largest absolute Gasteiger partial charge is 0.435 e. The number of hydrogen-bond donors (Lipinski definition) is 2. The Morgan fingerprint density at radius 3 is 2.50 bits per heavy atom. The molecule has 0 saturated carbocycles. The van der Waals surface area contributed by atoms with Gasteiger partial charge in [-0.15, -0.1) is 0 Å². The second kappa shape index (κ2) is 11.9. The maximum Gasteiger partial charge on any atom is 0.387 e. The minimum atomic E-state index is -2.90. The lowest BCUT2D eigenvalue weighted by Gasteiger charge is -2.10. The van der Waals surface area contributed by atoms with Crippen LogP contribution in [0.3, 0.4) is 0 Å². The first-order chi connectivity index (χ1) is 15.6. The normalized spacial score (nSPS) is 13.2. The first-order valence-electron chi connectivity index (χ1n) is 10.3. The molecule has 0 unspecified atom stereocenters. The van der Waals surface area contributed by atoms with Gasteiger partial charge in [0.05, 0.1) is 18.9 Å². The number of benzene rings is 2. The summed E-state index contributed by atoms with van der Waals surface area (Å²) in [4.78, 5) is 12.6. The van der Waals surface area contributed by atoms with Gasteiger partial charge in [-0.2, -0.15) is 13.9 Å². The fourth-order valence-electron chi connectivity index (χ4n) is 3.05. The van der Waals surface area contributed by atoms with Crippen LogP contribution in [-0.2, 0) is 11.3 Å². The Balaban J connectivity index is 0.000000416. The van der Waals surface area contributed by atoms with Gasteiger partial charge in [0.2, 0.25) is 0 Å². The third kappa shape index (κ3) is 6.86. The number of aryl methyl sites for hydroxylation is 1. The molecule has 1 aromatic heterocycles. The smallest absolute Gasteiger partial charge is 0.387 e. The highest BCUT2D eigenvalue weighted by Gasteiger charge is 2.16. The highest BCUT2D eigenvalue weighted by molar-refractivity contribution is 6.03. The molecule has 0 spiro atoms. The topological polar surface area (TPSA) is 77.4 Å². The van der Waals surface area contributed by atoms with Crippen LogP contribution in [-0.4, -0.2) is 48.6 Å². The van der Waals surface area contributed by atoms with E-state index in [2.05, 4.69) is 20.5 Å². The van der Waals surface area contributed by atoms with Gasteiger partial charge in [0, 0.05) is 30.9 Å². The number of ether oxygens (including phenoxy) is 2. The Hall–Kier alpha value is -3.30. The number of para-hydroxylation sites is 1. The second-order valence-electron chi connectivity index (χ2n) is 6.82. The van der Waals surface area contributed by atoms with Crippen LogP contribution < -0.4 is 15.4 Å². The van der Waals surface area contributed by atoms with Crippen molar-refractivity contribution in [3.8, 4) is 17.0 Å². The van der Waals surface area contributed by atoms with Gasteiger partial charge in [0.1, 0.15) is 11.4 Å². The molecule has 1 fully saturated rings. The molecule has 1 amide bonds. The lowest BCUT2D eigenvalue weighted by Crippen LogP contribution is -2.30. The highest BCUT2D eigenvalue weighted by atomic mass is 19.3. The molecule has 1 aliphatic rings. The predicted octanol–water partition coefficient (Wildman–Crippen LogP) is 4.03. The number of morpholine rings is 1. The Morgan fingerprint density at radius 2 is 1.91 bits per heavy atom. The van der Waals surface area contributed by atoms with Crippen LogP contribution in [0.1, 0.15) is 17.4 Å². The van der Waals surface area contributed by atoms with Crippen molar-refractivity contribution in [1.82, 2.24) is 15.1 Å². The number of hydrogen-bond acceptors (Lipinski definition) is 5. The third-order valence-corrected chi connectivity index (χ3v) is 4.55. The molecule has 32 heavy (non-hydrogen) atoms. The van der Waals surface area contributed by atoms with Crippen molar-refractivity contribution in [3.05, 3.63) is 66.4 Å². The zero-order chi connectivity index (χ0) is 22.8. The summed E-state index contributed by atoms with van der Waals surface area (Å²) in [5.41, 5.74) is 2.15. The molecule has 1 saturated heterocycles. The minimum absolute atomic E-state index is 0.0406. The van der Waals surface area contributed by atoms with Crippen molar-refractivity contribution in [3.63, 3.8) is 0 Å². The molecule has 7 nitrogen and oxygen atoms in total. The molecule has 0 radical (unpaired) electrons. The lowest BCUT2D eigenvalue weighted by molar-refractivity contribution is -0.0498. The molecule has 170 valence electrons. The summed E-state index contributed by atoms with van der Waals surface area (Å²) in [6, 6.07) is 16.9. The monoisotopic (exact) mass is 444 g/mol. The number of amides is 1. The number of rotatable bonds is 6. The molecule has 2 aromatic carbocycles. The van der Waals surface area contributed by atoms with Crippen molar-refractivity contribution in [2.75, 3.05) is 31.6 Å². The van der Waals surface area contributed by atoms with Crippen LogP contribution in [0.4, 0.5) is 14.5 Å². The molecule has 0 bridgehead atoms. The van der Waals surface area contributed by atoms with Crippen LogP contribution in [0.25, 0.3) is 11.3 Å². The van der Waals surface area contributed by atoms with E-state index < -0.39 is 6.61 Å². The predicted molar refractivity (Wildman–Crippen MR) is 118 cm³/mol. The van der Waals surface area contributed by atoms with Crippen molar-refractivity contribution in [2.45, 2.75) is 20.1 Å². The van der Waals surface area contributed by atoms with Crippen LogP contribution in [0.5, 0.6) is 5.75 Å². The summed E-state index contributed by atoms with van der Waals surface area (Å²) in [5, 5.41) is 10.4. The van der Waals surface area contributed by atoms with Crippen LogP contribution in [0.15, 0.2) is 60.7 Å². The maximum absolute atomic E-state index is 12.6. The number of alkyl halides is 2. The third-order valence-electron chi connectivity index (χ3n) is 4.55. The number of nitrogens with zero attached hydrogens (tertiary/aromatic N) is 2. The summed E-state index contributed by atoms with van der Waals surface area (Å²) in [5.74, 6) is -0.254. The van der Waals surface area contributed by atoms with E-state index in [1.807, 2.05) is 25.1 Å². The van der Waals surface area contributed by atoms with E-state index >= 15 is 0 Å². The van der Waals surface area contributed by atoms with Gasteiger partial charge in [-0.1, -0.05) is 30.3 Å². The average molecular weight is 444 g/mol. The average Bonchev–Trinajstić information content (AvgIpc) is 3.26. The highest BCUT2D eigenvalue weighted by Crippen LogP contribution is 2.25. The number of aromatic nitrogens is 2. The quantitative estimate of drug-likeness (QED) is 0.600. The van der Waals surface area contributed by atoms with E-state index in [-0.39, 0.29) is 11.7 Å². The van der Waals surface area contributed by atoms with Crippen molar-refractivity contribution in [1.29, 1.82) is 0 Å². The summed E-state index contributed by atoms with van der Waals surface area (Å²) < 4.78 is 35.8. The SMILES string of the molecule is C1COCCN1.CCn1nc(-c2cccc(OC(F)F)c2)cc1C(=O)Nc1ccccc1. The van der Waals surface area contributed by atoms with Gasteiger partial charge in [0.15, 0.2) is 0 Å². The number of anilines is 1. The van der Waals surface area contributed by atoms with E-state index in [4.69, 9.17) is 4.74 Å². The van der Waals surface area contributed by atoms with Gasteiger partial charge in [-0.05, 0) is 37.3 Å². The Morgan fingerprint density at radius 1 is 1.16 bits per heavy atom. The zero-order valence-electron chi connectivity index (χ0n) is 17.8. The van der Waals surface area contributed by atoms with E-state index in [0.717, 1.165) is 26.3 Å². The number of carbonyl (C=O) groups excluding carboxylic acids is 1. The summed E-state index contributed by atoms with van der Waals surface area (Å²) in [6.45, 7) is 3.29. The molecular formula is C23H26F2N4O3. The number of nitrogens with one attached hydrogen (secondary N) is 2. The fourth-order valence-corrected chi connectivity index (χ4v) is 3.05. The van der Waals surface area contributed by atoms with Crippen molar-refractivity contribution < 1.29 is 23.0 Å².